The molecular formula is C21H30O2. The highest BCUT2D eigenvalue weighted by Crippen LogP contribution is 2.66. The van der Waals surface area contributed by atoms with Gasteiger partial charge in [0.1, 0.15) is 5.78 Å². The number of carbonyl (C=O) groups is 2. The number of carbonyl (C=O) groups excluding carboxylic acids is 2. The quantitative estimate of drug-likeness (QED) is 0.701. The number of allylic oxidation sites excluding steroid dienone is 1. The zero-order valence-corrected chi connectivity index (χ0v) is 14.9. The van der Waals surface area contributed by atoms with Crippen LogP contribution in [0.1, 0.15) is 72.1 Å². The first-order valence-electron chi connectivity index (χ1n) is 9.60. The molecule has 0 N–H and O–H groups in total. The molecule has 126 valence electrons. The van der Waals surface area contributed by atoms with E-state index in [0.717, 1.165) is 43.4 Å². The second kappa shape index (κ2) is 5.04. The lowest BCUT2D eigenvalue weighted by Crippen LogP contribution is -2.51. The average molecular weight is 314 g/mol. The minimum atomic E-state index is 0.245. The fourth-order valence-corrected chi connectivity index (χ4v) is 7.23. The summed E-state index contributed by atoms with van der Waals surface area (Å²) in [6, 6.07) is 0. The van der Waals surface area contributed by atoms with Crippen molar-refractivity contribution in [3.63, 3.8) is 0 Å². The van der Waals surface area contributed by atoms with Gasteiger partial charge >= 0.3 is 0 Å². The van der Waals surface area contributed by atoms with Gasteiger partial charge in [0, 0.05) is 12.3 Å². The van der Waals surface area contributed by atoms with E-state index >= 15 is 0 Å². The van der Waals surface area contributed by atoms with E-state index < -0.39 is 0 Å². The summed E-state index contributed by atoms with van der Waals surface area (Å²) in [6.45, 7) is 6.65. The van der Waals surface area contributed by atoms with Crippen LogP contribution in [0.3, 0.4) is 0 Å². The SMILES string of the molecule is CC(=O)C1CCC2C3CCC4=CC(=O)CC[C@]4(C)[C@H]3CC[C@]12C. The molecular weight excluding hydrogens is 284 g/mol. The lowest BCUT2D eigenvalue weighted by atomic mass is 9.47. The van der Waals surface area contributed by atoms with Crippen molar-refractivity contribution in [2.45, 2.75) is 72.1 Å². The highest BCUT2D eigenvalue weighted by Gasteiger charge is 2.59. The lowest BCUT2D eigenvalue weighted by Gasteiger charge is -2.58. The van der Waals surface area contributed by atoms with E-state index in [2.05, 4.69) is 13.8 Å². The first kappa shape index (κ1) is 15.6. The molecule has 6 atom stereocenters. The molecule has 0 bridgehead atoms. The fourth-order valence-electron chi connectivity index (χ4n) is 7.23. The predicted octanol–water partition coefficient (Wildman–Crippen LogP) is 4.72. The zero-order valence-electron chi connectivity index (χ0n) is 14.9. The monoisotopic (exact) mass is 314 g/mol. The Labute approximate surface area is 140 Å². The number of ketones is 2. The Balaban J connectivity index is 1.67. The minimum absolute atomic E-state index is 0.245. The molecule has 4 rings (SSSR count). The average Bonchev–Trinajstić information content (AvgIpc) is 2.85. The van der Waals surface area contributed by atoms with Crippen molar-refractivity contribution in [3.05, 3.63) is 11.6 Å². The molecule has 3 unspecified atom stereocenters. The summed E-state index contributed by atoms with van der Waals surface area (Å²) in [5.41, 5.74) is 1.95. The van der Waals surface area contributed by atoms with Crippen molar-refractivity contribution in [3.8, 4) is 0 Å². The second-order valence-electron chi connectivity index (χ2n) is 9.25. The molecule has 0 aromatic rings. The van der Waals surface area contributed by atoms with E-state index in [9.17, 15) is 9.59 Å². The summed E-state index contributed by atoms with van der Waals surface area (Å²) >= 11 is 0. The van der Waals surface area contributed by atoms with Gasteiger partial charge in [0.25, 0.3) is 0 Å². The van der Waals surface area contributed by atoms with Crippen molar-refractivity contribution in [1.82, 2.24) is 0 Å². The van der Waals surface area contributed by atoms with Gasteiger partial charge in [-0.2, -0.15) is 0 Å². The van der Waals surface area contributed by atoms with Crippen LogP contribution in [0.15, 0.2) is 11.6 Å². The van der Waals surface area contributed by atoms with Crippen molar-refractivity contribution < 1.29 is 9.59 Å². The molecule has 3 saturated carbocycles. The Hall–Kier alpha value is -0.920. The van der Waals surface area contributed by atoms with Crippen LogP contribution in [0.4, 0.5) is 0 Å². The topological polar surface area (TPSA) is 34.1 Å². The Bertz CT molecular complexity index is 589. The molecule has 4 aliphatic rings. The van der Waals surface area contributed by atoms with Gasteiger partial charge in [-0.1, -0.05) is 19.4 Å². The van der Waals surface area contributed by atoms with Gasteiger partial charge < -0.3 is 0 Å². The van der Waals surface area contributed by atoms with Gasteiger partial charge in [0.15, 0.2) is 5.78 Å². The van der Waals surface area contributed by atoms with Crippen LogP contribution < -0.4 is 0 Å². The molecule has 0 saturated heterocycles. The molecule has 0 spiro atoms. The number of Topliss-reactive ketones (excluding diaryl/α,β-unsaturated/α-hetero) is 1. The molecule has 2 nitrogen and oxygen atoms in total. The van der Waals surface area contributed by atoms with Crippen LogP contribution in [0, 0.1) is 34.5 Å². The minimum Gasteiger partial charge on any atom is -0.300 e. The fraction of sp³-hybridized carbons (Fsp3) is 0.810. The summed E-state index contributed by atoms with van der Waals surface area (Å²) < 4.78 is 0. The summed E-state index contributed by atoms with van der Waals surface area (Å²) in [4.78, 5) is 24.0. The molecule has 0 aliphatic heterocycles. The Morgan fingerprint density at radius 1 is 1.04 bits per heavy atom. The molecule has 0 heterocycles. The summed E-state index contributed by atoms with van der Waals surface area (Å²) in [6.07, 6.45) is 10.9. The Kier molecular flexibility index (Phi) is 3.42. The maximum Gasteiger partial charge on any atom is 0.155 e. The third kappa shape index (κ3) is 2.06. The smallest absolute Gasteiger partial charge is 0.155 e. The normalized spacial score (nSPS) is 49.0. The number of rotatable bonds is 1. The van der Waals surface area contributed by atoms with Crippen molar-refractivity contribution >= 4 is 11.6 Å². The predicted molar refractivity (Wildman–Crippen MR) is 90.9 cm³/mol. The second-order valence-corrected chi connectivity index (χ2v) is 9.25. The third-order valence-corrected chi connectivity index (χ3v) is 8.45. The number of fused-ring (bicyclic) bond motifs is 5. The van der Waals surface area contributed by atoms with Crippen molar-refractivity contribution in [1.29, 1.82) is 0 Å². The van der Waals surface area contributed by atoms with Gasteiger partial charge in [0.2, 0.25) is 0 Å². The van der Waals surface area contributed by atoms with Crippen LogP contribution in [0.5, 0.6) is 0 Å². The van der Waals surface area contributed by atoms with Crippen LogP contribution in [-0.4, -0.2) is 11.6 Å². The summed E-state index contributed by atoms with van der Waals surface area (Å²) in [7, 11) is 0. The maximum atomic E-state index is 12.1. The highest BCUT2D eigenvalue weighted by atomic mass is 16.1. The molecule has 3 fully saturated rings. The Morgan fingerprint density at radius 2 is 1.83 bits per heavy atom. The van der Waals surface area contributed by atoms with Gasteiger partial charge in [-0.15, -0.1) is 0 Å². The molecule has 0 aromatic carbocycles. The van der Waals surface area contributed by atoms with E-state index in [4.69, 9.17) is 0 Å². The van der Waals surface area contributed by atoms with E-state index in [1.165, 1.54) is 31.3 Å². The lowest BCUT2D eigenvalue weighted by molar-refractivity contribution is -0.128. The molecule has 0 aromatic heterocycles. The number of hydrogen-bond donors (Lipinski definition) is 0. The molecule has 0 amide bonds. The maximum absolute atomic E-state index is 12.1. The van der Waals surface area contributed by atoms with E-state index in [1.807, 2.05) is 6.08 Å². The number of hydrogen-bond acceptors (Lipinski definition) is 2. The first-order chi connectivity index (χ1) is 10.9. The zero-order chi connectivity index (χ0) is 16.4. The Morgan fingerprint density at radius 3 is 2.57 bits per heavy atom. The van der Waals surface area contributed by atoms with Crippen LogP contribution in [0.25, 0.3) is 0 Å². The van der Waals surface area contributed by atoms with Crippen molar-refractivity contribution in [2.24, 2.45) is 34.5 Å². The van der Waals surface area contributed by atoms with Gasteiger partial charge in [-0.05, 0) is 86.5 Å². The van der Waals surface area contributed by atoms with E-state index in [1.54, 1.807) is 6.92 Å². The van der Waals surface area contributed by atoms with Crippen LogP contribution in [0.2, 0.25) is 0 Å². The van der Waals surface area contributed by atoms with Crippen LogP contribution in [-0.2, 0) is 9.59 Å². The van der Waals surface area contributed by atoms with Gasteiger partial charge in [-0.3, -0.25) is 9.59 Å². The molecule has 4 aliphatic carbocycles. The standard InChI is InChI=1S/C21H30O2/c1-13(22)17-6-7-18-16-5-4-14-12-15(23)8-10-20(14,2)19(16)9-11-21(17,18)3/h12,16-19H,4-11H2,1-3H3/t16?,17?,18?,19-,20-,21+/m0/s1. The molecule has 2 heteroatoms. The molecule has 0 radical (unpaired) electrons. The highest BCUT2D eigenvalue weighted by molar-refractivity contribution is 5.91. The van der Waals surface area contributed by atoms with E-state index in [-0.39, 0.29) is 10.8 Å². The van der Waals surface area contributed by atoms with Crippen LogP contribution >= 0.6 is 0 Å². The summed E-state index contributed by atoms with van der Waals surface area (Å²) in [5, 5.41) is 0. The van der Waals surface area contributed by atoms with Gasteiger partial charge in [-0.25, -0.2) is 0 Å². The third-order valence-electron chi connectivity index (χ3n) is 8.45. The summed E-state index contributed by atoms with van der Waals surface area (Å²) in [5.74, 6) is 3.29. The molecule has 23 heavy (non-hydrogen) atoms. The van der Waals surface area contributed by atoms with E-state index in [0.29, 0.717) is 17.5 Å². The van der Waals surface area contributed by atoms with Gasteiger partial charge in [0.05, 0.1) is 0 Å². The first-order valence-corrected chi connectivity index (χ1v) is 9.60. The largest absolute Gasteiger partial charge is 0.300 e. The van der Waals surface area contributed by atoms with Crippen molar-refractivity contribution in [2.75, 3.05) is 0 Å².